The SMILES string of the molecule is O=S(=O)(O)CCCCCCCCCCNc1ncnc2c1ncn2[C@@H]1O[C@H](CO)[C@@H](O)[C@H]1O. The Kier molecular flexibility index (Phi) is 9.35. The van der Waals surface area contributed by atoms with Crippen molar-refractivity contribution in [3.8, 4) is 0 Å². The van der Waals surface area contributed by atoms with Crippen LogP contribution in [0.4, 0.5) is 5.82 Å². The van der Waals surface area contributed by atoms with Gasteiger partial charge in [0.25, 0.3) is 10.1 Å². The van der Waals surface area contributed by atoms with Crippen LogP contribution in [0.3, 0.4) is 0 Å². The first-order valence-corrected chi connectivity index (χ1v) is 12.9. The summed E-state index contributed by atoms with van der Waals surface area (Å²) in [5.74, 6) is 0.413. The quantitative estimate of drug-likeness (QED) is 0.188. The zero-order valence-corrected chi connectivity index (χ0v) is 19.3. The first-order valence-electron chi connectivity index (χ1n) is 11.3. The molecule has 186 valence electrons. The molecule has 1 fully saturated rings. The van der Waals surface area contributed by atoms with Gasteiger partial charge in [0.1, 0.15) is 24.6 Å². The van der Waals surface area contributed by atoms with E-state index in [0.29, 0.717) is 29.9 Å². The number of hydrogen-bond acceptors (Lipinski definition) is 10. The van der Waals surface area contributed by atoms with Crippen LogP contribution in [0, 0.1) is 0 Å². The van der Waals surface area contributed by atoms with Crippen molar-refractivity contribution in [2.75, 3.05) is 24.2 Å². The molecule has 0 aliphatic carbocycles. The van der Waals surface area contributed by atoms with E-state index in [1.54, 1.807) is 0 Å². The lowest BCUT2D eigenvalue weighted by molar-refractivity contribution is -0.0511. The number of aliphatic hydroxyl groups excluding tert-OH is 3. The number of ether oxygens (including phenoxy) is 1. The summed E-state index contributed by atoms with van der Waals surface area (Å²) in [6.07, 6.45) is 6.14. The molecule has 3 rings (SSSR count). The molecule has 0 amide bonds. The van der Waals surface area contributed by atoms with Crippen molar-refractivity contribution in [3.63, 3.8) is 0 Å². The van der Waals surface area contributed by atoms with Crippen LogP contribution in [0.5, 0.6) is 0 Å². The number of imidazole rings is 1. The maximum absolute atomic E-state index is 10.7. The van der Waals surface area contributed by atoms with Crippen molar-refractivity contribution < 1.29 is 33.0 Å². The standard InChI is InChI=1S/C20H33N5O7S/c26-11-14-16(27)17(28)20(32-14)25-13-24-15-18(22-12-23-19(15)25)21-9-7-5-3-1-2-4-6-8-10-33(29,30)31/h12-14,16-17,20,26-28H,1-11H2,(H,21,22,23)(H,29,30,31)/t14-,16-,17-,20-/m1/s1. The van der Waals surface area contributed by atoms with Crippen molar-refractivity contribution in [2.45, 2.75) is 75.9 Å². The van der Waals surface area contributed by atoms with E-state index < -0.39 is 41.3 Å². The Bertz CT molecular complexity index is 986. The van der Waals surface area contributed by atoms with Crippen molar-refractivity contribution in [1.82, 2.24) is 19.5 Å². The summed E-state index contributed by atoms with van der Waals surface area (Å²) in [5.41, 5.74) is 0.983. The maximum Gasteiger partial charge on any atom is 0.264 e. The van der Waals surface area contributed by atoms with Gasteiger partial charge in [0.15, 0.2) is 23.2 Å². The summed E-state index contributed by atoms with van der Waals surface area (Å²) in [5, 5.41) is 32.8. The molecule has 0 saturated carbocycles. The molecule has 0 bridgehead atoms. The molecule has 0 unspecified atom stereocenters. The molecule has 2 aromatic rings. The number of aliphatic hydroxyl groups is 3. The zero-order valence-electron chi connectivity index (χ0n) is 18.5. The third-order valence-corrected chi connectivity index (χ3v) is 6.58. The van der Waals surface area contributed by atoms with E-state index in [2.05, 4.69) is 20.3 Å². The van der Waals surface area contributed by atoms with E-state index in [4.69, 9.17) is 9.29 Å². The summed E-state index contributed by atoms with van der Waals surface area (Å²) in [6.45, 7) is 0.304. The number of unbranched alkanes of at least 4 members (excludes halogenated alkanes) is 7. The van der Waals surface area contributed by atoms with Gasteiger partial charge in [-0.3, -0.25) is 9.12 Å². The molecular formula is C20H33N5O7S. The minimum atomic E-state index is -3.84. The summed E-state index contributed by atoms with van der Waals surface area (Å²) < 4.78 is 37.1. The highest BCUT2D eigenvalue weighted by Crippen LogP contribution is 2.32. The number of fused-ring (bicyclic) bond motifs is 1. The Hall–Kier alpha value is -1.90. The van der Waals surface area contributed by atoms with Gasteiger partial charge >= 0.3 is 0 Å². The molecule has 5 N–H and O–H groups in total. The second-order valence-corrected chi connectivity index (χ2v) is 9.89. The fourth-order valence-electron chi connectivity index (χ4n) is 3.95. The van der Waals surface area contributed by atoms with Gasteiger partial charge in [-0.15, -0.1) is 0 Å². The normalized spacial score (nSPS) is 23.4. The Labute approximate surface area is 192 Å². The molecular weight excluding hydrogens is 454 g/mol. The van der Waals surface area contributed by atoms with E-state index in [9.17, 15) is 23.7 Å². The molecule has 0 aromatic carbocycles. The van der Waals surface area contributed by atoms with Gasteiger partial charge in [-0.25, -0.2) is 15.0 Å². The predicted octanol–water partition coefficient (Wildman–Crippen LogP) is 0.858. The van der Waals surface area contributed by atoms with E-state index in [-0.39, 0.29) is 5.75 Å². The Morgan fingerprint density at radius 3 is 2.27 bits per heavy atom. The Morgan fingerprint density at radius 1 is 0.970 bits per heavy atom. The van der Waals surface area contributed by atoms with Crippen molar-refractivity contribution in [2.24, 2.45) is 0 Å². The summed E-state index contributed by atoms with van der Waals surface area (Å²) >= 11 is 0. The Balaban J connectivity index is 1.40. The number of anilines is 1. The second kappa shape index (κ2) is 12.0. The monoisotopic (exact) mass is 487 g/mol. The molecule has 2 aromatic heterocycles. The van der Waals surface area contributed by atoms with Crippen molar-refractivity contribution in [3.05, 3.63) is 12.7 Å². The third-order valence-electron chi connectivity index (χ3n) is 5.77. The van der Waals surface area contributed by atoms with E-state index >= 15 is 0 Å². The fourth-order valence-corrected chi connectivity index (χ4v) is 4.52. The molecule has 13 heteroatoms. The first-order chi connectivity index (χ1) is 15.8. The van der Waals surface area contributed by atoms with Crippen LogP contribution in [0.2, 0.25) is 0 Å². The number of nitrogens with one attached hydrogen (secondary N) is 1. The van der Waals surface area contributed by atoms with Crippen molar-refractivity contribution >= 4 is 27.1 Å². The van der Waals surface area contributed by atoms with Gasteiger partial charge in [0.05, 0.1) is 18.7 Å². The number of nitrogens with zero attached hydrogens (tertiary/aromatic N) is 4. The van der Waals surface area contributed by atoms with Crippen LogP contribution in [0.1, 0.15) is 57.6 Å². The Morgan fingerprint density at radius 2 is 1.64 bits per heavy atom. The largest absolute Gasteiger partial charge is 0.394 e. The highest BCUT2D eigenvalue weighted by Gasteiger charge is 2.44. The fraction of sp³-hybridized carbons (Fsp3) is 0.750. The van der Waals surface area contributed by atoms with Crippen LogP contribution in [-0.4, -0.2) is 85.0 Å². The molecule has 3 heterocycles. The molecule has 33 heavy (non-hydrogen) atoms. The van der Waals surface area contributed by atoms with Gasteiger partial charge in [-0.1, -0.05) is 38.5 Å². The topological polar surface area (TPSA) is 180 Å². The van der Waals surface area contributed by atoms with Crippen LogP contribution < -0.4 is 5.32 Å². The number of hydrogen-bond donors (Lipinski definition) is 5. The van der Waals surface area contributed by atoms with Gasteiger partial charge in [0, 0.05) is 6.54 Å². The van der Waals surface area contributed by atoms with E-state index in [0.717, 1.165) is 44.9 Å². The third kappa shape index (κ3) is 7.04. The number of rotatable bonds is 14. The lowest BCUT2D eigenvalue weighted by Crippen LogP contribution is -2.33. The van der Waals surface area contributed by atoms with Crippen LogP contribution in [0.15, 0.2) is 12.7 Å². The second-order valence-electron chi connectivity index (χ2n) is 8.32. The molecule has 1 aliphatic heterocycles. The average Bonchev–Trinajstić information content (AvgIpc) is 3.32. The maximum atomic E-state index is 10.7. The summed E-state index contributed by atoms with van der Waals surface area (Å²) in [7, 11) is -3.84. The summed E-state index contributed by atoms with van der Waals surface area (Å²) in [4.78, 5) is 12.8. The molecule has 1 aliphatic rings. The van der Waals surface area contributed by atoms with Crippen molar-refractivity contribution in [1.29, 1.82) is 0 Å². The van der Waals surface area contributed by atoms with Gasteiger partial charge in [-0.05, 0) is 12.8 Å². The molecule has 0 spiro atoms. The van der Waals surface area contributed by atoms with Gasteiger partial charge < -0.3 is 25.4 Å². The predicted molar refractivity (Wildman–Crippen MR) is 120 cm³/mol. The molecule has 12 nitrogen and oxygen atoms in total. The van der Waals surface area contributed by atoms with Crippen LogP contribution >= 0.6 is 0 Å². The lowest BCUT2D eigenvalue weighted by Gasteiger charge is -2.16. The molecule has 0 radical (unpaired) electrons. The molecule has 1 saturated heterocycles. The van der Waals surface area contributed by atoms with Gasteiger partial charge in [-0.2, -0.15) is 8.42 Å². The van der Waals surface area contributed by atoms with Gasteiger partial charge in [0.2, 0.25) is 0 Å². The highest BCUT2D eigenvalue weighted by atomic mass is 32.2. The highest BCUT2D eigenvalue weighted by molar-refractivity contribution is 7.85. The van der Waals surface area contributed by atoms with E-state index in [1.807, 2.05) is 0 Å². The summed E-state index contributed by atoms with van der Waals surface area (Å²) in [6, 6.07) is 0. The minimum absolute atomic E-state index is 0.160. The van der Waals surface area contributed by atoms with Crippen LogP contribution in [-0.2, 0) is 14.9 Å². The zero-order chi connectivity index (χ0) is 23.8. The van der Waals surface area contributed by atoms with E-state index in [1.165, 1.54) is 17.2 Å². The molecule has 4 atom stereocenters. The number of aromatic nitrogens is 4. The lowest BCUT2D eigenvalue weighted by atomic mass is 10.1. The van der Waals surface area contributed by atoms with Crippen LogP contribution in [0.25, 0.3) is 11.2 Å². The smallest absolute Gasteiger partial charge is 0.264 e. The minimum Gasteiger partial charge on any atom is -0.394 e. The average molecular weight is 488 g/mol. The first kappa shape index (κ1) is 25.7.